The molecule has 3 nitrogen and oxygen atoms in total. The minimum Gasteiger partial charge on any atom is -0.469 e. The summed E-state index contributed by atoms with van der Waals surface area (Å²) < 4.78 is 18.9. The molecule has 116 valence electrons. The van der Waals surface area contributed by atoms with Crippen LogP contribution in [0, 0.1) is 5.82 Å². The van der Waals surface area contributed by atoms with Crippen LogP contribution in [-0.4, -0.2) is 11.7 Å². The van der Waals surface area contributed by atoms with E-state index in [1.165, 1.54) is 17.8 Å². The van der Waals surface area contributed by atoms with Gasteiger partial charge in [0.15, 0.2) is 0 Å². The molecule has 1 aromatic heterocycles. The molecule has 0 saturated carbocycles. The van der Waals surface area contributed by atoms with Crippen LogP contribution in [-0.2, 0) is 11.2 Å². The van der Waals surface area contributed by atoms with Crippen LogP contribution in [0.2, 0.25) is 0 Å². The molecule has 0 fully saturated rings. The molecular formula is C17H18FNO2S. The van der Waals surface area contributed by atoms with Gasteiger partial charge in [0.1, 0.15) is 11.6 Å². The van der Waals surface area contributed by atoms with E-state index in [1.54, 1.807) is 24.5 Å². The maximum atomic E-state index is 13.5. The summed E-state index contributed by atoms with van der Waals surface area (Å²) in [6.07, 6.45) is 4.97. The van der Waals surface area contributed by atoms with Crippen molar-refractivity contribution in [3.63, 3.8) is 0 Å². The highest BCUT2D eigenvalue weighted by Crippen LogP contribution is 2.30. The van der Waals surface area contributed by atoms with Crippen LogP contribution in [0.15, 0.2) is 45.9 Å². The molecule has 0 aliphatic heterocycles. The van der Waals surface area contributed by atoms with Crippen molar-refractivity contribution in [1.29, 1.82) is 0 Å². The lowest BCUT2D eigenvalue weighted by atomic mass is 9.93. The third-order valence-corrected chi connectivity index (χ3v) is 4.86. The molecule has 1 heterocycles. The summed E-state index contributed by atoms with van der Waals surface area (Å²) in [5, 5.41) is 3.06. The summed E-state index contributed by atoms with van der Waals surface area (Å²) in [7, 11) is 0. The number of benzene rings is 1. The van der Waals surface area contributed by atoms with Gasteiger partial charge in [-0.15, -0.1) is 11.8 Å². The van der Waals surface area contributed by atoms with Crippen molar-refractivity contribution in [1.82, 2.24) is 5.32 Å². The number of fused-ring (bicyclic) bond motifs is 1. The molecule has 1 atom stereocenters. The van der Waals surface area contributed by atoms with Crippen LogP contribution >= 0.6 is 11.8 Å². The van der Waals surface area contributed by atoms with Crippen LogP contribution in [0.4, 0.5) is 4.39 Å². The Morgan fingerprint density at radius 2 is 2.23 bits per heavy atom. The number of rotatable bonds is 5. The van der Waals surface area contributed by atoms with Crippen LogP contribution in [0.5, 0.6) is 0 Å². The topological polar surface area (TPSA) is 42.2 Å². The van der Waals surface area contributed by atoms with Crippen molar-refractivity contribution in [3.05, 3.63) is 53.7 Å². The zero-order chi connectivity index (χ0) is 15.4. The fourth-order valence-electron chi connectivity index (χ4n) is 2.72. The smallest absolute Gasteiger partial charge is 0.221 e. The lowest BCUT2D eigenvalue weighted by Crippen LogP contribution is -2.30. The second-order valence-corrected chi connectivity index (χ2v) is 6.48. The number of amides is 1. The van der Waals surface area contributed by atoms with E-state index in [9.17, 15) is 9.18 Å². The number of hydrogen-bond donors (Lipinski definition) is 1. The first kappa shape index (κ1) is 15.2. The van der Waals surface area contributed by atoms with Crippen molar-refractivity contribution in [2.24, 2.45) is 0 Å². The van der Waals surface area contributed by atoms with Gasteiger partial charge in [0.25, 0.3) is 0 Å². The van der Waals surface area contributed by atoms with Gasteiger partial charge in [0, 0.05) is 29.1 Å². The number of carbonyl (C=O) groups excluding carboxylic acids is 1. The van der Waals surface area contributed by atoms with Crippen LogP contribution in [0.25, 0.3) is 0 Å². The zero-order valence-electron chi connectivity index (χ0n) is 12.2. The van der Waals surface area contributed by atoms with E-state index >= 15 is 0 Å². The van der Waals surface area contributed by atoms with Gasteiger partial charge in [-0.05, 0) is 31.0 Å². The van der Waals surface area contributed by atoms with E-state index in [2.05, 4.69) is 5.32 Å². The molecular weight excluding hydrogens is 301 g/mol. The van der Waals surface area contributed by atoms with E-state index in [0.717, 1.165) is 30.6 Å². The molecule has 1 aromatic carbocycles. The van der Waals surface area contributed by atoms with Gasteiger partial charge in [0.05, 0.1) is 12.3 Å². The Balaban J connectivity index is 1.49. The van der Waals surface area contributed by atoms with E-state index in [4.69, 9.17) is 4.42 Å². The van der Waals surface area contributed by atoms with Crippen molar-refractivity contribution in [3.8, 4) is 0 Å². The second kappa shape index (κ2) is 7.01. The van der Waals surface area contributed by atoms with Crippen molar-refractivity contribution in [2.75, 3.05) is 5.75 Å². The lowest BCUT2D eigenvalue weighted by Gasteiger charge is -2.22. The Kier molecular flexibility index (Phi) is 4.83. The van der Waals surface area contributed by atoms with Crippen molar-refractivity contribution < 1.29 is 13.6 Å². The number of thioether (sulfide) groups is 1. The minimum absolute atomic E-state index is 0.00268. The Morgan fingerprint density at radius 1 is 1.36 bits per heavy atom. The molecule has 5 heteroatoms. The lowest BCUT2D eigenvalue weighted by molar-refractivity contribution is -0.121. The molecule has 3 rings (SSSR count). The Morgan fingerprint density at radius 3 is 3.09 bits per heavy atom. The summed E-state index contributed by atoms with van der Waals surface area (Å²) in [6.45, 7) is 0. The summed E-state index contributed by atoms with van der Waals surface area (Å²) in [5.41, 5.74) is 1.10. The molecule has 0 bridgehead atoms. The first-order valence-corrected chi connectivity index (χ1v) is 8.45. The molecule has 1 aliphatic rings. The largest absolute Gasteiger partial charge is 0.469 e. The van der Waals surface area contributed by atoms with E-state index in [-0.39, 0.29) is 17.8 Å². The zero-order valence-corrected chi connectivity index (χ0v) is 13.0. The van der Waals surface area contributed by atoms with Gasteiger partial charge >= 0.3 is 0 Å². The summed E-state index contributed by atoms with van der Waals surface area (Å²) in [6, 6.07) is 8.62. The molecule has 1 amide bonds. The number of aryl methyl sites for hydroxylation is 1. The molecule has 2 aromatic rings. The number of hydrogen-bond acceptors (Lipinski definition) is 3. The number of carbonyl (C=O) groups is 1. The van der Waals surface area contributed by atoms with Gasteiger partial charge in [0.2, 0.25) is 5.91 Å². The van der Waals surface area contributed by atoms with Crippen LogP contribution < -0.4 is 5.32 Å². The molecule has 0 saturated heterocycles. The molecule has 1 aliphatic carbocycles. The minimum atomic E-state index is -0.233. The first-order valence-electron chi connectivity index (χ1n) is 7.47. The number of halogens is 1. The molecule has 1 unspecified atom stereocenters. The third kappa shape index (κ3) is 3.53. The van der Waals surface area contributed by atoms with Crippen molar-refractivity contribution in [2.45, 2.75) is 36.6 Å². The standard InChI is InChI=1S/C17H18FNO2S/c18-13-4-1-2-7-16(13)22-11-9-17(20)19-14-5-3-6-15-12(14)8-10-21-15/h1-2,4,7-8,10,14H,3,5-6,9,11H2,(H,19,20). The number of nitrogens with one attached hydrogen (secondary N) is 1. The van der Waals surface area contributed by atoms with Crippen molar-refractivity contribution >= 4 is 17.7 Å². The SMILES string of the molecule is O=C(CCSc1ccccc1F)NC1CCCc2occc21. The predicted octanol–water partition coefficient (Wildman–Crippen LogP) is 4.09. The predicted molar refractivity (Wildman–Crippen MR) is 84.3 cm³/mol. The number of furan rings is 1. The quantitative estimate of drug-likeness (QED) is 0.844. The average molecular weight is 319 g/mol. The van der Waals surface area contributed by atoms with Gasteiger partial charge in [-0.2, -0.15) is 0 Å². The summed E-state index contributed by atoms with van der Waals surface area (Å²) in [5.74, 6) is 1.32. The van der Waals surface area contributed by atoms with Gasteiger partial charge < -0.3 is 9.73 Å². The summed E-state index contributed by atoms with van der Waals surface area (Å²) in [4.78, 5) is 12.7. The maximum absolute atomic E-state index is 13.5. The fourth-order valence-corrected chi connectivity index (χ4v) is 3.61. The van der Waals surface area contributed by atoms with Crippen LogP contribution in [0.3, 0.4) is 0 Å². The highest BCUT2D eigenvalue weighted by Gasteiger charge is 2.23. The summed E-state index contributed by atoms with van der Waals surface area (Å²) >= 11 is 1.37. The van der Waals surface area contributed by atoms with Gasteiger partial charge in [-0.25, -0.2) is 4.39 Å². The van der Waals surface area contributed by atoms with Crippen LogP contribution in [0.1, 0.15) is 36.6 Å². The van der Waals surface area contributed by atoms with Gasteiger partial charge in [-0.1, -0.05) is 12.1 Å². The normalized spacial score (nSPS) is 17.0. The average Bonchev–Trinajstić information content (AvgIpc) is 2.99. The fraction of sp³-hybridized carbons (Fsp3) is 0.353. The maximum Gasteiger partial charge on any atom is 0.221 e. The Hall–Kier alpha value is -1.75. The Labute approximate surface area is 133 Å². The van der Waals surface area contributed by atoms with E-state index in [1.807, 2.05) is 6.07 Å². The highest BCUT2D eigenvalue weighted by atomic mass is 32.2. The molecule has 22 heavy (non-hydrogen) atoms. The first-order chi connectivity index (χ1) is 10.7. The molecule has 0 radical (unpaired) electrons. The highest BCUT2D eigenvalue weighted by molar-refractivity contribution is 7.99. The molecule has 1 N–H and O–H groups in total. The van der Waals surface area contributed by atoms with E-state index < -0.39 is 0 Å². The van der Waals surface area contributed by atoms with E-state index in [0.29, 0.717) is 17.1 Å². The second-order valence-electron chi connectivity index (χ2n) is 5.34. The Bertz CT molecular complexity index is 656. The third-order valence-electron chi connectivity index (χ3n) is 3.81. The van der Waals surface area contributed by atoms with Gasteiger partial charge in [-0.3, -0.25) is 4.79 Å². The monoisotopic (exact) mass is 319 g/mol. The molecule has 0 spiro atoms.